The van der Waals surface area contributed by atoms with Crippen LogP contribution in [-0.4, -0.2) is 50.7 Å². The van der Waals surface area contributed by atoms with Crippen molar-refractivity contribution in [3.05, 3.63) is 35.9 Å². The lowest BCUT2D eigenvalue weighted by Gasteiger charge is -2.38. The van der Waals surface area contributed by atoms with E-state index in [1.165, 1.54) is 5.56 Å². The maximum atomic E-state index is 13.1. The minimum Gasteiger partial charge on any atom is -0.384 e. The average Bonchev–Trinajstić information content (AvgIpc) is 3.06. The summed E-state index contributed by atoms with van der Waals surface area (Å²) in [5.74, 6) is 0.778. The van der Waals surface area contributed by atoms with E-state index in [4.69, 9.17) is 4.74 Å². The van der Waals surface area contributed by atoms with Crippen molar-refractivity contribution in [3.63, 3.8) is 0 Å². The van der Waals surface area contributed by atoms with Crippen LogP contribution in [0, 0.1) is 5.41 Å². The fourth-order valence-corrected chi connectivity index (χ4v) is 3.88. The van der Waals surface area contributed by atoms with Gasteiger partial charge in [0.1, 0.15) is 0 Å². The summed E-state index contributed by atoms with van der Waals surface area (Å²) >= 11 is 0. The molecule has 1 amide bonds. The van der Waals surface area contributed by atoms with E-state index in [1.807, 2.05) is 6.07 Å². The molecular formula is C18H27ClN2O2. The molecule has 2 aliphatic heterocycles. The predicted octanol–water partition coefficient (Wildman–Crippen LogP) is 2.44. The Kier molecular flexibility index (Phi) is 6.45. The molecule has 23 heavy (non-hydrogen) atoms. The molecule has 2 saturated heterocycles. The topological polar surface area (TPSA) is 41.6 Å². The van der Waals surface area contributed by atoms with Gasteiger partial charge in [0.15, 0.2) is 0 Å². The molecule has 128 valence electrons. The maximum Gasteiger partial charge on any atom is 0.231 e. The Balaban J connectivity index is 0.00000192. The van der Waals surface area contributed by atoms with Crippen LogP contribution in [0.2, 0.25) is 0 Å². The largest absolute Gasteiger partial charge is 0.384 e. The minimum absolute atomic E-state index is 0. The van der Waals surface area contributed by atoms with Crippen molar-refractivity contribution in [1.82, 2.24) is 10.2 Å². The summed E-state index contributed by atoms with van der Waals surface area (Å²) < 4.78 is 5.40. The molecule has 1 atom stereocenters. The third-order valence-electron chi connectivity index (χ3n) is 5.18. The SMILES string of the molecule is COCC1(C(=O)N2CCC(c3ccccc3)C2)CCNCC1.Cl. The zero-order valence-electron chi connectivity index (χ0n) is 13.8. The van der Waals surface area contributed by atoms with Crippen molar-refractivity contribution in [1.29, 1.82) is 0 Å². The lowest BCUT2D eigenvalue weighted by atomic mass is 9.78. The highest BCUT2D eigenvalue weighted by molar-refractivity contribution is 5.85. The van der Waals surface area contributed by atoms with E-state index in [0.29, 0.717) is 18.4 Å². The van der Waals surface area contributed by atoms with Crippen LogP contribution in [0.1, 0.15) is 30.7 Å². The summed E-state index contributed by atoms with van der Waals surface area (Å²) in [4.78, 5) is 15.2. The fraction of sp³-hybridized carbons (Fsp3) is 0.611. The highest BCUT2D eigenvalue weighted by atomic mass is 35.5. The van der Waals surface area contributed by atoms with E-state index in [-0.39, 0.29) is 17.8 Å². The van der Waals surface area contributed by atoms with Gasteiger partial charge in [-0.05, 0) is 37.9 Å². The highest BCUT2D eigenvalue weighted by Gasteiger charge is 2.43. The van der Waals surface area contributed by atoms with Crippen molar-refractivity contribution in [3.8, 4) is 0 Å². The van der Waals surface area contributed by atoms with Crippen molar-refractivity contribution in [2.45, 2.75) is 25.2 Å². The van der Waals surface area contributed by atoms with Crippen molar-refractivity contribution in [2.24, 2.45) is 5.41 Å². The Bertz CT molecular complexity index is 497. The lowest BCUT2D eigenvalue weighted by molar-refractivity contribution is -0.146. The van der Waals surface area contributed by atoms with Gasteiger partial charge in [0.25, 0.3) is 0 Å². The second-order valence-electron chi connectivity index (χ2n) is 6.61. The molecule has 2 fully saturated rings. The van der Waals surface area contributed by atoms with Gasteiger partial charge in [-0.3, -0.25) is 4.79 Å². The van der Waals surface area contributed by atoms with Gasteiger partial charge in [-0.15, -0.1) is 12.4 Å². The average molecular weight is 339 g/mol. The molecule has 3 rings (SSSR count). The van der Waals surface area contributed by atoms with Gasteiger partial charge >= 0.3 is 0 Å². The first kappa shape index (κ1) is 18.2. The van der Waals surface area contributed by atoms with Crippen LogP contribution in [0.15, 0.2) is 30.3 Å². The van der Waals surface area contributed by atoms with Crippen LogP contribution < -0.4 is 5.32 Å². The molecule has 5 heteroatoms. The number of hydrogen-bond acceptors (Lipinski definition) is 3. The number of piperidine rings is 1. The number of carbonyl (C=O) groups is 1. The molecule has 1 unspecified atom stereocenters. The second kappa shape index (κ2) is 8.13. The molecule has 0 spiro atoms. The number of carbonyl (C=O) groups excluding carboxylic acids is 1. The first-order chi connectivity index (χ1) is 10.7. The van der Waals surface area contributed by atoms with Crippen molar-refractivity contribution >= 4 is 18.3 Å². The summed E-state index contributed by atoms with van der Waals surface area (Å²) in [6, 6.07) is 10.6. The van der Waals surface area contributed by atoms with Crippen molar-refractivity contribution in [2.75, 3.05) is 39.9 Å². The standard InChI is InChI=1S/C18H26N2O2.ClH/c1-22-14-18(8-10-19-11-9-18)17(21)20-12-7-16(13-20)15-5-3-2-4-6-15;/h2-6,16,19H,7-14H2,1H3;1H. The number of halogens is 1. The summed E-state index contributed by atoms with van der Waals surface area (Å²) in [5.41, 5.74) is 1.04. The van der Waals surface area contributed by atoms with Crippen LogP contribution in [-0.2, 0) is 9.53 Å². The number of benzene rings is 1. The molecule has 0 aromatic heterocycles. The minimum atomic E-state index is -0.314. The van der Waals surface area contributed by atoms with E-state index in [2.05, 4.69) is 34.5 Å². The van der Waals surface area contributed by atoms with E-state index >= 15 is 0 Å². The summed E-state index contributed by atoms with van der Waals surface area (Å²) in [5, 5.41) is 3.35. The zero-order chi connectivity index (χ0) is 15.4. The van der Waals surface area contributed by atoms with E-state index in [0.717, 1.165) is 45.4 Å². The lowest BCUT2D eigenvalue weighted by Crippen LogP contribution is -2.51. The second-order valence-corrected chi connectivity index (χ2v) is 6.61. The van der Waals surface area contributed by atoms with E-state index in [9.17, 15) is 4.79 Å². The Morgan fingerprint density at radius 1 is 1.30 bits per heavy atom. The number of likely N-dealkylation sites (tertiary alicyclic amines) is 1. The van der Waals surface area contributed by atoms with Crippen LogP contribution in [0.3, 0.4) is 0 Å². The number of rotatable bonds is 4. The number of nitrogens with one attached hydrogen (secondary N) is 1. The van der Waals surface area contributed by atoms with Crippen molar-refractivity contribution < 1.29 is 9.53 Å². The van der Waals surface area contributed by atoms with Gasteiger partial charge in [-0.1, -0.05) is 30.3 Å². The number of hydrogen-bond donors (Lipinski definition) is 1. The smallest absolute Gasteiger partial charge is 0.231 e. The van der Waals surface area contributed by atoms with Crippen LogP contribution in [0.25, 0.3) is 0 Å². The quantitative estimate of drug-likeness (QED) is 0.916. The zero-order valence-corrected chi connectivity index (χ0v) is 14.6. The number of amides is 1. The number of ether oxygens (including phenoxy) is 1. The van der Waals surface area contributed by atoms with Gasteiger partial charge in [-0.2, -0.15) is 0 Å². The summed E-state index contributed by atoms with van der Waals surface area (Å²) in [7, 11) is 1.70. The molecule has 0 aliphatic carbocycles. The molecule has 1 aromatic rings. The molecular weight excluding hydrogens is 312 g/mol. The molecule has 2 aliphatic rings. The predicted molar refractivity (Wildman–Crippen MR) is 94.0 cm³/mol. The normalized spacial score (nSPS) is 23.3. The van der Waals surface area contributed by atoms with Gasteiger partial charge in [0.05, 0.1) is 12.0 Å². The van der Waals surface area contributed by atoms with Crippen LogP contribution in [0.4, 0.5) is 0 Å². The van der Waals surface area contributed by atoms with Crippen LogP contribution >= 0.6 is 12.4 Å². The Morgan fingerprint density at radius 2 is 2.00 bits per heavy atom. The summed E-state index contributed by atoms with van der Waals surface area (Å²) in [6.45, 7) is 4.08. The third kappa shape index (κ3) is 3.87. The van der Waals surface area contributed by atoms with Crippen LogP contribution in [0.5, 0.6) is 0 Å². The van der Waals surface area contributed by atoms with Gasteiger partial charge in [0, 0.05) is 26.1 Å². The molecule has 1 N–H and O–H groups in total. The van der Waals surface area contributed by atoms with E-state index in [1.54, 1.807) is 7.11 Å². The van der Waals surface area contributed by atoms with Gasteiger partial charge in [0.2, 0.25) is 5.91 Å². The van der Waals surface area contributed by atoms with E-state index < -0.39 is 0 Å². The molecule has 1 aromatic carbocycles. The Labute approximate surface area is 145 Å². The van der Waals surface area contributed by atoms with Gasteiger partial charge in [-0.25, -0.2) is 0 Å². The monoisotopic (exact) mass is 338 g/mol. The molecule has 0 bridgehead atoms. The third-order valence-corrected chi connectivity index (χ3v) is 5.18. The van der Waals surface area contributed by atoms with Gasteiger partial charge < -0.3 is 15.0 Å². The summed E-state index contributed by atoms with van der Waals surface area (Å²) in [6.07, 6.45) is 2.83. The molecule has 0 saturated carbocycles. The highest BCUT2D eigenvalue weighted by Crippen LogP contribution is 2.35. The molecule has 4 nitrogen and oxygen atoms in total. The fourth-order valence-electron chi connectivity index (χ4n) is 3.88. The Hall–Kier alpha value is -1.10. The first-order valence-corrected chi connectivity index (χ1v) is 8.29. The molecule has 0 radical (unpaired) electrons. The Morgan fingerprint density at radius 3 is 2.65 bits per heavy atom. The number of nitrogens with zero attached hydrogens (tertiary/aromatic N) is 1. The maximum absolute atomic E-state index is 13.1. The first-order valence-electron chi connectivity index (χ1n) is 8.29. The molecule has 2 heterocycles. The number of methoxy groups -OCH3 is 1.